The van der Waals surface area contributed by atoms with Crippen molar-refractivity contribution in [1.82, 2.24) is 5.32 Å². The summed E-state index contributed by atoms with van der Waals surface area (Å²) in [5.41, 5.74) is 5.34. The van der Waals surface area contributed by atoms with Crippen LogP contribution in [0.4, 0.5) is 0 Å². The van der Waals surface area contributed by atoms with Gasteiger partial charge in [0.1, 0.15) is 0 Å². The highest BCUT2D eigenvalue weighted by Crippen LogP contribution is 2.13. The van der Waals surface area contributed by atoms with Gasteiger partial charge in [-0.25, -0.2) is 0 Å². The third-order valence-electron chi connectivity index (χ3n) is 1.91. The lowest BCUT2D eigenvalue weighted by Crippen LogP contribution is -2.37. The van der Waals surface area contributed by atoms with E-state index in [0.717, 1.165) is 25.8 Å². The number of hydrogen-bond acceptors (Lipinski definition) is 2. The van der Waals surface area contributed by atoms with E-state index in [1.807, 2.05) is 0 Å². The Hall–Kier alpha value is -0.570. The van der Waals surface area contributed by atoms with Crippen molar-refractivity contribution in [2.24, 2.45) is 11.7 Å². The highest BCUT2D eigenvalue weighted by Gasteiger charge is 2.20. The Morgan fingerprint density at radius 3 is 3.10 bits per heavy atom. The summed E-state index contributed by atoms with van der Waals surface area (Å²) in [6.07, 6.45) is 2.96. The average molecular weight is 142 g/mol. The molecule has 58 valence electrons. The Labute approximate surface area is 61.0 Å². The monoisotopic (exact) mass is 142 g/mol. The van der Waals surface area contributed by atoms with Gasteiger partial charge in [-0.15, -0.1) is 0 Å². The van der Waals surface area contributed by atoms with Crippen molar-refractivity contribution in [2.45, 2.75) is 19.3 Å². The summed E-state index contributed by atoms with van der Waals surface area (Å²) in [7, 11) is 0. The molecule has 0 aromatic carbocycles. The quantitative estimate of drug-likeness (QED) is 0.564. The maximum Gasteiger partial charge on any atom is 0.223 e. The molecule has 0 bridgehead atoms. The second-order valence-corrected chi connectivity index (χ2v) is 2.71. The molecule has 1 saturated heterocycles. The van der Waals surface area contributed by atoms with E-state index in [-0.39, 0.29) is 11.8 Å². The number of carbonyl (C=O) groups is 1. The SMILES string of the molecule is NCC[C@H]1CCCNC1=O. The average Bonchev–Trinajstić information content (AvgIpc) is 1.94. The van der Waals surface area contributed by atoms with Gasteiger partial charge in [0, 0.05) is 12.5 Å². The van der Waals surface area contributed by atoms with E-state index in [0.29, 0.717) is 6.54 Å². The van der Waals surface area contributed by atoms with E-state index in [4.69, 9.17) is 5.73 Å². The molecule has 0 radical (unpaired) electrons. The van der Waals surface area contributed by atoms with Crippen molar-refractivity contribution in [3.05, 3.63) is 0 Å². The Kier molecular flexibility index (Phi) is 2.68. The zero-order valence-electron chi connectivity index (χ0n) is 6.10. The van der Waals surface area contributed by atoms with E-state index in [1.165, 1.54) is 0 Å². The Morgan fingerprint density at radius 1 is 1.70 bits per heavy atom. The van der Waals surface area contributed by atoms with Crippen LogP contribution in [0.2, 0.25) is 0 Å². The van der Waals surface area contributed by atoms with E-state index in [2.05, 4.69) is 5.32 Å². The van der Waals surface area contributed by atoms with E-state index in [1.54, 1.807) is 0 Å². The van der Waals surface area contributed by atoms with Crippen LogP contribution >= 0.6 is 0 Å². The first-order valence-corrected chi connectivity index (χ1v) is 3.82. The molecule has 3 N–H and O–H groups in total. The van der Waals surface area contributed by atoms with Crippen molar-refractivity contribution in [2.75, 3.05) is 13.1 Å². The number of hydrogen-bond donors (Lipinski definition) is 2. The molecule has 0 aliphatic carbocycles. The number of nitrogens with two attached hydrogens (primary N) is 1. The molecule has 1 fully saturated rings. The molecule has 0 spiro atoms. The molecule has 1 rings (SSSR count). The van der Waals surface area contributed by atoms with Crippen LogP contribution < -0.4 is 11.1 Å². The first-order valence-electron chi connectivity index (χ1n) is 3.82. The number of carbonyl (C=O) groups excluding carboxylic acids is 1. The maximum atomic E-state index is 11.0. The van der Waals surface area contributed by atoms with Crippen LogP contribution in [0.3, 0.4) is 0 Å². The second kappa shape index (κ2) is 3.56. The summed E-state index contributed by atoms with van der Waals surface area (Å²) in [5.74, 6) is 0.385. The molecule has 0 aromatic heterocycles. The summed E-state index contributed by atoms with van der Waals surface area (Å²) < 4.78 is 0. The molecule has 1 heterocycles. The summed E-state index contributed by atoms with van der Waals surface area (Å²) in [4.78, 5) is 11.0. The molecule has 1 aliphatic rings. The first-order chi connectivity index (χ1) is 4.84. The normalized spacial score (nSPS) is 26.1. The van der Waals surface area contributed by atoms with Gasteiger partial charge in [-0.3, -0.25) is 4.79 Å². The van der Waals surface area contributed by atoms with Gasteiger partial charge in [0.25, 0.3) is 0 Å². The molecule has 3 nitrogen and oxygen atoms in total. The minimum atomic E-state index is 0.191. The van der Waals surface area contributed by atoms with E-state index < -0.39 is 0 Å². The number of piperidine rings is 1. The molecule has 3 heteroatoms. The molecular weight excluding hydrogens is 128 g/mol. The Bertz CT molecular complexity index is 123. The van der Waals surface area contributed by atoms with Gasteiger partial charge >= 0.3 is 0 Å². The van der Waals surface area contributed by atoms with Crippen LogP contribution in [-0.4, -0.2) is 19.0 Å². The summed E-state index contributed by atoms with van der Waals surface area (Å²) in [5, 5.41) is 2.82. The molecule has 10 heavy (non-hydrogen) atoms. The third-order valence-corrected chi connectivity index (χ3v) is 1.91. The van der Waals surface area contributed by atoms with Gasteiger partial charge in [0.15, 0.2) is 0 Å². The molecule has 1 amide bonds. The van der Waals surface area contributed by atoms with Crippen LogP contribution in [0.15, 0.2) is 0 Å². The van der Waals surface area contributed by atoms with Crippen LogP contribution in [-0.2, 0) is 4.79 Å². The molecule has 0 aromatic rings. The van der Waals surface area contributed by atoms with Gasteiger partial charge in [0.05, 0.1) is 0 Å². The minimum absolute atomic E-state index is 0.191. The first kappa shape index (κ1) is 7.54. The van der Waals surface area contributed by atoms with Crippen molar-refractivity contribution in [3.63, 3.8) is 0 Å². The lowest BCUT2D eigenvalue weighted by atomic mass is 9.95. The standard InChI is InChI=1S/C7H14N2O/c8-4-3-6-2-1-5-9-7(6)10/h6H,1-5,8H2,(H,9,10)/t6-/m1/s1. The maximum absolute atomic E-state index is 11.0. The highest BCUT2D eigenvalue weighted by molar-refractivity contribution is 5.79. The van der Waals surface area contributed by atoms with Crippen molar-refractivity contribution >= 4 is 5.91 Å². The highest BCUT2D eigenvalue weighted by atomic mass is 16.1. The molecule has 0 saturated carbocycles. The Morgan fingerprint density at radius 2 is 2.50 bits per heavy atom. The van der Waals surface area contributed by atoms with Gasteiger partial charge in [0.2, 0.25) is 5.91 Å². The number of amides is 1. The minimum Gasteiger partial charge on any atom is -0.356 e. The lowest BCUT2D eigenvalue weighted by Gasteiger charge is -2.20. The van der Waals surface area contributed by atoms with Crippen LogP contribution in [0.1, 0.15) is 19.3 Å². The Balaban J connectivity index is 2.32. The van der Waals surface area contributed by atoms with Crippen LogP contribution in [0.25, 0.3) is 0 Å². The van der Waals surface area contributed by atoms with Gasteiger partial charge < -0.3 is 11.1 Å². The van der Waals surface area contributed by atoms with Gasteiger partial charge in [-0.2, -0.15) is 0 Å². The molecule has 0 unspecified atom stereocenters. The molecular formula is C7H14N2O. The van der Waals surface area contributed by atoms with Crippen molar-refractivity contribution in [3.8, 4) is 0 Å². The fourth-order valence-electron chi connectivity index (χ4n) is 1.31. The fraction of sp³-hybridized carbons (Fsp3) is 0.857. The third kappa shape index (κ3) is 1.70. The number of nitrogens with one attached hydrogen (secondary N) is 1. The van der Waals surface area contributed by atoms with Gasteiger partial charge in [-0.1, -0.05) is 0 Å². The largest absolute Gasteiger partial charge is 0.356 e. The number of rotatable bonds is 2. The van der Waals surface area contributed by atoms with E-state index in [9.17, 15) is 4.79 Å². The molecule has 1 atom stereocenters. The zero-order valence-corrected chi connectivity index (χ0v) is 6.10. The molecule has 1 aliphatic heterocycles. The predicted octanol–water partition coefficient (Wildman–Crippen LogP) is -0.139. The van der Waals surface area contributed by atoms with Gasteiger partial charge in [-0.05, 0) is 25.8 Å². The van der Waals surface area contributed by atoms with Crippen LogP contribution in [0.5, 0.6) is 0 Å². The summed E-state index contributed by atoms with van der Waals surface area (Å²) >= 11 is 0. The lowest BCUT2D eigenvalue weighted by molar-refractivity contribution is -0.126. The summed E-state index contributed by atoms with van der Waals surface area (Å²) in [6.45, 7) is 1.47. The second-order valence-electron chi connectivity index (χ2n) is 2.71. The van der Waals surface area contributed by atoms with Crippen molar-refractivity contribution < 1.29 is 4.79 Å². The zero-order chi connectivity index (χ0) is 7.40. The predicted molar refractivity (Wildman–Crippen MR) is 39.4 cm³/mol. The summed E-state index contributed by atoms with van der Waals surface area (Å²) in [6, 6.07) is 0. The fourth-order valence-corrected chi connectivity index (χ4v) is 1.31. The topological polar surface area (TPSA) is 55.1 Å². The van der Waals surface area contributed by atoms with Crippen LogP contribution in [0, 0.1) is 5.92 Å². The van der Waals surface area contributed by atoms with E-state index >= 15 is 0 Å². The van der Waals surface area contributed by atoms with Crippen molar-refractivity contribution in [1.29, 1.82) is 0 Å². The smallest absolute Gasteiger partial charge is 0.223 e.